The molecule has 3 aromatic rings. The van der Waals surface area contributed by atoms with E-state index >= 15 is 0 Å². The van der Waals surface area contributed by atoms with Gasteiger partial charge in [0.1, 0.15) is 12.4 Å². The van der Waals surface area contributed by atoms with E-state index in [1.54, 1.807) is 35.8 Å². The van der Waals surface area contributed by atoms with Gasteiger partial charge < -0.3 is 15.0 Å². The van der Waals surface area contributed by atoms with Crippen LogP contribution in [0.15, 0.2) is 72.3 Å². The van der Waals surface area contributed by atoms with Crippen LogP contribution in [0.3, 0.4) is 0 Å². The molecule has 3 aromatic carbocycles. The van der Waals surface area contributed by atoms with Crippen molar-refractivity contribution >= 4 is 34.6 Å². The summed E-state index contributed by atoms with van der Waals surface area (Å²) in [6, 6.07) is 20.1. The lowest BCUT2D eigenvalue weighted by Gasteiger charge is -2.16. The Morgan fingerprint density at radius 3 is 2.56 bits per heavy atom. The number of carbonyl (C=O) groups is 3. The van der Waals surface area contributed by atoms with Gasteiger partial charge in [-0.3, -0.25) is 19.6 Å². The van der Waals surface area contributed by atoms with E-state index in [0.717, 1.165) is 23.7 Å². The molecule has 0 atom stereocenters. The molecule has 0 radical (unpaired) electrons. The number of hydroxylamine groups is 1. The Morgan fingerprint density at radius 2 is 1.81 bits per heavy atom. The molecule has 1 saturated heterocycles. The number of fused-ring (bicyclic) bond motifs is 1. The molecule has 0 bridgehead atoms. The third-order valence-corrected chi connectivity index (χ3v) is 6.10. The van der Waals surface area contributed by atoms with E-state index in [1.807, 2.05) is 47.4 Å². The minimum absolute atomic E-state index is 0.0450. The zero-order valence-electron chi connectivity index (χ0n) is 19.9. The predicted molar refractivity (Wildman–Crippen MR) is 137 cm³/mol. The number of carbonyl (C=O) groups excluding carboxylic acids is 3. The first-order valence-corrected chi connectivity index (χ1v) is 12.0. The highest BCUT2D eigenvalue weighted by Crippen LogP contribution is 2.25. The van der Waals surface area contributed by atoms with Gasteiger partial charge in [0.25, 0.3) is 11.8 Å². The number of hydrogen-bond donors (Lipinski definition) is 3. The van der Waals surface area contributed by atoms with Crippen LogP contribution in [0.2, 0.25) is 0 Å². The van der Waals surface area contributed by atoms with Crippen molar-refractivity contribution in [1.29, 1.82) is 0 Å². The van der Waals surface area contributed by atoms with E-state index in [0.29, 0.717) is 48.4 Å². The molecule has 8 nitrogen and oxygen atoms in total. The van der Waals surface area contributed by atoms with Gasteiger partial charge in [0, 0.05) is 37.0 Å². The smallest absolute Gasteiger partial charge is 0.274 e. The summed E-state index contributed by atoms with van der Waals surface area (Å²) in [5.41, 5.74) is 3.02. The summed E-state index contributed by atoms with van der Waals surface area (Å²) >= 11 is 0. The highest BCUT2D eigenvalue weighted by molar-refractivity contribution is 5.98. The number of hydrogen-bond acceptors (Lipinski definition) is 5. The average molecular weight is 488 g/mol. The minimum atomic E-state index is -0.612. The number of amides is 3. The summed E-state index contributed by atoms with van der Waals surface area (Å²) in [5.74, 6) is -0.0301. The lowest BCUT2D eigenvalue weighted by molar-refractivity contribution is -0.127. The van der Waals surface area contributed by atoms with E-state index in [2.05, 4.69) is 5.32 Å². The van der Waals surface area contributed by atoms with Gasteiger partial charge >= 0.3 is 0 Å². The van der Waals surface area contributed by atoms with Crippen LogP contribution < -0.4 is 15.5 Å². The van der Waals surface area contributed by atoms with Crippen molar-refractivity contribution < 1.29 is 24.3 Å². The molecule has 3 amide bonds. The van der Waals surface area contributed by atoms with Gasteiger partial charge in [-0.05, 0) is 48.1 Å². The van der Waals surface area contributed by atoms with E-state index in [1.165, 1.54) is 0 Å². The Hall–Kier alpha value is -4.17. The molecular formula is C28H29N3O5. The van der Waals surface area contributed by atoms with Crippen molar-refractivity contribution in [1.82, 2.24) is 15.7 Å². The Bertz CT molecular complexity index is 1260. The molecule has 8 heteroatoms. The predicted octanol–water partition coefficient (Wildman–Crippen LogP) is 3.55. The maximum absolute atomic E-state index is 13.1. The summed E-state index contributed by atoms with van der Waals surface area (Å²) in [7, 11) is 0. The second kappa shape index (κ2) is 12.0. The van der Waals surface area contributed by atoms with E-state index in [-0.39, 0.29) is 18.4 Å². The van der Waals surface area contributed by atoms with E-state index in [4.69, 9.17) is 9.94 Å². The topological polar surface area (TPSA) is 108 Å². The molecule has 0 aromatic heterocycles. The molecule has 1 heterocycles. The molecule has 0 unspecified atom stereocenters. The molecule has 0 saturated carbocycles. The normalized spacial score (nSPS) is 13.6. The Labute approximate surface area is 209 Å². The largest absolute Gasteiger partial charge is 0.488 e. The molecule has 186 valence electrons. The molecule has 1 fully saturated rings. The summed E-state index contributed by atoms with van der Waals surface area (Å²) in [6.07, 6.45) is 3.87. The van der Waals surface area contributed by atoms with Crippen molar-refractivity contribution in [2.75, 3.05) is 26.2 Å². The fourth-order valence-electron chi connectivity index (χ4n) is 4.17. The quantitative estimate of drug-likeness (QED) is 0.175. The molecule has 36 heavy (non-hydrogen) atoms. The van der Waals surface area contributed by atoms with E-state index < -0.39 is 5.91 Å². The van der Waals surface area contributed by atoms with Crippen LogP contribution in [0.5, 0.6) is 5.75 Å². The van der Waals surface area contributed by atoms with Gasteiger partial charge in [-0.15, -0.1) is 0 Å². The first-order valence-electron chi connectivity index (χ1n) is 12.0. The first kappa shape index (κ1) is 24.9. The summed E-state index contributed by atoms with van der Waals surface area (Å²) in [5, 5.41) is 13.7. The van der Waals surface area contributed by atoms with Crippen molar-refractivity contribution in [2.45, 2.75) is 19.3 Å². The zero-order chi connectivity index (χ0) is 25.3. The van der Waals surface area contributed by atoms with E-state index in [9.17, 15) is 14.4 Å². The van der Waals surface area contributed by atoms with Gasteiger partial charge in [-0.2, -0.15) is 0 Å². The molecule has 1 aliphatic rings. The number of rotatable bonds is 10. The molecule has 4 rings (SSSR count). The third kappa shape index (κ3) is 6.28. The van der Waals surface area contributed by atoms with Crippen molar-refractivity contribution in [3.05, 3.63) is 83.4 Å². The van der Waals surface area contributed by atoms with Crippen LogP contribution in [0.4, 0.5) is 0 Å². The standard InChI is InChI=1S/C28H29N3O5/c32-26-10-4-16-31(26)17-5-15-29-27(33)23(18-20-11-13-22(14-12-20)28(34)30-35)19-36-25-9-3-7-21-6-1-2-8-24(21)25/h1-3,6-9,11-14,18,35H,4-5,10,15-17,19H2,(H,29,33)(H,30,34). The number of benzene rings is 3. The van der Waals surface area contributed by atoms with Crippen molar-refractivity contribution in [2.24, 2.45) is 0 Å². The fourth-order valence-corrected chi connectivity index (χ4v) is 4.17. The Morgan fingerprint density at radius 1 is 1.03 bits per heavy atom. The maximum atomic E-state index is 13.1. The number of nitrogens with one attached hydrogen (secondary N) is 2. The van der Waals surface area contributed by atoms with Gasteiger partial charge in [0.15, 0.2) is 0 Å². The summed E-state index contributed by atoms with van der Waals surface area (Å²) in [4.78, 5) is 38.3. The van der Waals surface area contributed by atoms with Crippen LogP contribution in [0, 0.1) is 0 Å². The zero-order valence-corrected chi connectivity index (χ0v) is 19.9. The SMILES string of the molecule is O=C(NCCCN1CCCC1=O)C(=Cc1ccc(C(=O)NO)cc1)COc1cccc2ccccc12. The highest BCUT2D eigenvalue weighted by Gasteiger charge is 2.19. The number of ether oxygens (including phenoxy) is 1. The number of likely N-dealkylation sites (tertiary alicyclic amines) is 1. The van der Waals surface area contributed by atoms with Crippen molar-refractivity contribution in [3.63, 3.8) is 0 Å². The van der Waals surface area contributed by atoms with Crippen molar-refractivity contribution in [3.8, 4) is 5.75 Å². The second-order valence-corrected chi connectivity index (χ2v) is 8.59. The van der Waals surface area contributed by atoms with Crippen LogP contribution in [0.1, 0.15) is 35.2 Å². The lowest BCUT2D eigenvalue weighted by Crippen LogP contribution is -2.32. The summed E-state index contributed by atoms with van der Waals surface area (Å²) in [6.45, 7) is 1.88. The maximum Gasteiger partial charge on any atom is 0.274 e. The molecule has 1 aliphatic heterocycles. The van der Waals surface area contributed by atoms with Gasteiger partial charge in [0.05, 0.1) is 5.57 Å². The molecular weight excluding hydrogens is 458 g/mol. The summed E-state index contributed by atoms with van der Waals surface area (Å²) < 4.78 is 6.08. The highest BCUT2D eigenvalue weighted by atomic mass is 16.5. The molecule has 0 aliphatic carbocycles. The average Bonchev–Trinajstić information content (AvgIpc) is 3.33. The Kier molecular flexibility index (Phi) is 8.31. The van der Waals surface area contributed by atoms with Gasteiger partial charge in [0.2, 0.25) is 5.91 Å². The van der Waals surface area contributed by atoms with Gasteiger partial charge in [-0.25, -0.2) is 5.48 Å². The fraction of sp³-hybridized carbons (Fsp3) is 0.250. The van der Waals surface area contributed by atoms with Crippen LogP contribution in [0.25, 0.3) is 16.8 Å². The van der Waals surface area contributed by atoms with Crippen LogP contribution >= 0.6 is 0 Å². The Balaban J connectivity index is 1.47. The minimum Gasteiger partial charge on any atom is -0.488 e. The third-order valence-electron chi connectivity index (χ3n) is 6.10. The van der Waals surface area contributed by atoms with Crippen LogP contribution in [-0.4, -0.2) is 54.1 Å². The van der Waals surface area contributed by atoms with Gasteiger partial charge in [-0.1, -0.05) is 48.5 Å². The second-order valence-electron chi connectivity index (χ2n) is 8.59. The monoisotopic (exact) mass is 487 g/mol. The number of nitrogens with zero attached hydrogens (tertiary/aromatic N) is 1. The van der Waals surface area contributed by atoms with Crippen LogP contribution in [-0.2, 0) is 9.59 Å². The molecule has 0 spiro atoms. The first-order chi connectivity index (χ1) is 17.5. The lowest BCUT2D eigenvalue weighted by atomic mass is 10.1. The molecule has 3 N–H and O–H groups in total.